The first kappa shape index (κ1) is 30.5. The highest BCUT2D eigenvalue weighted by atomic mass is 16.5. The Kier molecular flexibility index (Phi) is 12.8. The van der Waals surface area contributed by atoms with Crippen LogP contribution >= 0.6 is 0 Å². The number of hydrogen-bond donors (Lipinski definition) is 2. The minimum atomic E-state index is -0.342. The summed E-state index contributed by atoms with van der Waals surface area (Å²) >= 11 is 0. The molecule has 0 atom stereocenters. The number of benzene rings is 2. The second-order valence-corrected chi connectivity index (χ2v) is 9.58. The summed E-state index contributed by atoms with van der Waals surface area (Å²) in [5.41, 5.74) is 2.80. The third-order valence-corrected chi connectivity index (χ3v) is 6.53. The second-order valence-electron chi connectivity index (χ2n) is 9.58. The first-order valence-electron chi connectivity index (χ1n) is 14.0. The Morgan fingerprint density at radius 2 is 1.60 bits per heavy atom. The molecule has 0 aromatic heterocycles. The molecule has 0 spiro atoms. The van der Waals surface area contributed by atoms with Crippen molar-refractivity contribution in [3.05, 3.63) is 71.6 Å². The summed E-state index contributed by atoms with van der Waals surface area (Å²) in [7, 11) is 3.18. The number of hydrogen-bond acceptors (Lipinski definition) is 7. The molecule has 1 aliphatic heterocycles. The van der Waals surface area contributed by atoms with Crippen molar-refractivity contribution in [1.29, 1.82) is 0 Å². The summed E-state index contributed by atoms with van der Waals surface area (Å²) < 4.78 is 16.1. The smallest absolute Gasteiger partial charge is 0.338 e. The van der Waals surface area contributed by atoms with Crippen LogP contribution in [0.1, 0.15) is 80.6 Å². The van der Waals surface area contributed by atoms with Crippen molar-refractivity contribution in [2.45, 2.75) is 64.7 Å². The fourth-order valence-electron chi connectivity index (χ4n) is 4.26. The number of nitrogens with zero attached hydrogens (tertiary/aromatic N) is 1. The Labute approximate surface area is 237 Å². The van der Waals surface area contributed by atoms with Gasteiger partial charge in [0, 0.05) is 29.6 Å². The third-order valence-electron chi connectivity index (χ3n) is 6.53. The molecule has 2 aromatic carbocycles. The van der Waals surface area contributed by atoms with E-state index in [0.717, 1.165) is 24.1 Å². The normalized spacial score (nSPS) is 13.4. The quantitative estimate of drug-likeness (QED) is 0.175. The molecule has 2 N–H and O–H groups in total. The Morgan fingerprint density at radius 1 is 0.900 bits per heavy atom. The van der Waals surface area contributed by atoms with Gasteiger partial charge in [0.15, 0.2) is 11.5 Å². The summed E-state index contributed by atoms with van der Waals surface area (Å²) in [4.78, 5) is 29.1. The lowest BCUT2D eigenvalue weighted by Gasteiger charge is -2.16. The Balaban J connectivity index is 1.40. The van der Waals surface area contributed by atoms with Gasteiger partial charge in [-0.15, -0.1) is 0 Å². The number of carbonyl (C=O) groups excluding carboxylic acids is 2. The van der Waals surface area contributed by atoms with E-state index in [1.54, 1.807) is 50.8 Å². The van der Waals surface area contributed by atoms with Crippen LogP contribution in [0.4, 0.5) is 5.69 Å². The zero-order valence-electron chi connectivity index (χ0n) is 23.8. The molecular weight excluding hydrogens is 506 g/mol. The van der Waals surface area contributed by atoms with E-state index in [1.807, 2.05) is 24.3 Å². The maximum absolute atomic E-state index is 12.5. The SMILES string of the molecule is CCCCCCCCCCOC(=O)c1ccc(NC(=O)C/C=C2/N=CC=C(c3ccc(OC)c(OC)c3)N2)cc1. The van der Waals surface area contributed by atoms with Gasteiger partial charge in [0.05, 0.1) is 26.4 Å². The molecule has 0 bridgehead atoms. The molecule has 8 heteroatoms. The molecule has 0 radical (unpaired) electrons. The van der Waals surface area contributed by atoms with E-state index < -0.39 is 0 Å². The third kappa shape index (κ3) is 9.91. The number of methoxy groups -OCH3 is 2. The first-order chi connectivity index (χ1) is 19.5. The highest BCUT2D eigenvalue weighted by Gasteiger charge is 2.12. The average Bonchev–Trinajstić information content (AvgIpc) is 2.99. The number of rotatable bonds is 16. The number of anilines is 1. The van der Waals surface area contributed by atoms with Crippen molar-refractivity contribution in [1.82, 2.24) is 5.32 Å². The molecular formula is C32H41N3O5. The van der Waals surface area contributed by atoms with Crippen molar-refractivity contribution in [2.75, 3.05) is 26.1 Å². The summed E-state index contributed by atoms with van der Waals surface area (Å²) in [6, 6.07) is 12.4. The van der Waals surface area contributed by atoms with Crippen molar-refractivity contribution in [3.63, 3.8) is 0 Å². The van der Waals surface area contributed by atoms with Crippen LogP contribution in [0.3, 0.4) is 0 Å². The average molecular weight is 548 g/mol. The van der Waals surface area contributed by atoms with Gasteiger partial charge in [-0.05, 0) is 61.0 Å². The second kappa shape index (κ2) is 16.8. The van der Waals surface area contributed by atoms with Crippen LogP contribution < -0.4 is 20.1 Å². The van der Waals surface area contributed by atoms with Crippen LogP contribution in [0.15, 0.2) is 65.4 Å². The van der Waals surface area contributed by atoms with E-state index in [4.69, 9.17) is 14.2 Å². The van der Waals surface area contributed by atoms with Crippen molar-refractivity contribution >= 4 is 29.5 Å². The minimum absolute atomic E-state index is 0.126. The number of ether oxygens (including phenoxy) is 3. The van der Waals surface area contributed by atoms with Gasteiger partial charge < -0.3 is 24.8 Å². The zero-order valence-corrected chi connectivity index (χ0v) is 23.8. The maximum Gasteiger partial charge on any atom is 0.338 e. The molecule has 2 aromatic rings. The van der Waals surface area contributed by atoms with Gasteiger partial charge >= 0.3 is 5.97 Å². The standard InChI is InChI=1S/C32H41N3O5/c1-4-5-6-7-8-9-10-11-22-40-32(37)24-12-15-26(16-13-24)34-31(36)19-18-30-33-21-20-27(35-30)25-14-17-28(38-2)29(23-25)39-3/h12-18,20-21,23,35H,4-11,19,22H2,1-3H3,(H,34,36)/b30-18-. The number of aliphatic imine (C=N–C) groups is 1. The van der Waals surface area contributed by atoms with Gasteiger partial charge in [-0.1, -0.05) is 51.9 Å². The zero-order chi connectivity index (χ0) is 28.6. The van der Waals surface area contributed by atoms with Gasteiger partial charge in [0.2, 0.25) is 5.91 Å². The molecule has 40 heavy (non-hydrogen) atoms. The fourth-order valence-corrected chi connectivity index (χ4v) is 4.26. The van der Waals surface area contributed by atoms with Crippen molar-refractivity contribution < 1.29 is 23.8 Å². The molecule has 214 valence electrons. The van der Waals surface area contributed by atoms with Crippen LogP contribution in [0.5, 0.6) is 11.5 Å². The predicted molar refractivity (Wildman–Crippen MR) is 160 cm³/mol. The summed E-state index contributed by atoms with van der Waals surface area (Å²) in [6.07, 6.45) is 14.9. The van der Waals surface area contributed by atoms with E-state index in [-0.39, 0.29) is 18.3 Å². The van der Waals surface area contributed by atoms with Crippen LogP contribution in [-0.4, -0.2) is 38.9 Å². The van der Waals surface area contributed by atoms with Gasteiger partial charge in [-0.3, -0.25) is 4.79 Å². The lowest BCUT2D eigenvalue weighted by atomic mass is 10.1. The van der Waals surface area contributed by atoms with Crippen LogP contribution in [0.25, 0.3) is 5.70 Å². The van der Waals surface area contributed by atoms with Gasteiger partial charge in [0.1, 0.15) is 5.82 Å². The summed E-state index contributed by atoms with van der Waals surface area (Å²) in [5, 5.41) is 6.07. The van der Waals surface area contributed by atoms with Crippen LogP contribution in [0, 0.1) is 0 Å². The molecule has 0 unspecified atom stereocenters. The molecule has 0 saturated heterocycles. The lowest BCUT2D eigenvalue weighted by molar-refractivity contribution is -0.115. The van der Waals surface area contributed by atoms with E-state index >= 15 is 0 Å². The first-order valence-corrected chi connectivity index (χ1v) is 14.0. The highest BCUT2D eigenvalue weighted by molar-refractivity contribution is 5.94. The number of carbonyl (C=O) groups is 2. The topological polar surface area (TPSA) is 98.2 Å². The van der Waals surface area contributed by atoms with E-state index in [2.05, 4.69) is 22.5 Å². The molecule has 0 fully saturated rings. The number of nitrogens with one attached hydrogen (secondary N) is 2. The monoisotopic (exact) mass is 547 g/mol. The number of esters is 1. The molecule has 0 aliphatic carbocycles. The molecule has 3 rings (SSSR count). The maximum atomic E-state index is 12.5. The number of amides is 1. The van der Waals surface area contributed by atoms with Gasteiger partial charge in [-0.2, -0.15) is 0 Å². The van der Waals surface area contributed by atoms with E-state index in [9.17, 15) is 9.59 Å². The fraction of sp³-hybridized carbons (Fsp3) is 0.406. The largest absolute Gasteiger partial charge is 0.493 e. The number of unbranched alkanes of at least 4 members (excludes halogenated alkanes) is 7. The molecule has 8 nitrogen and oxygen atoms in total. The van der Waals surface area contributed by atoms with Gasteiger partial charge in [-0.25, -0.2) is 9.79 Å². The highest BCUT2D eigenvalue weighted by Crippen LogP contribution is 2.30. The minimum Gasteiger partial charge on any atom is -0.493 e. The van der Waals surface area contributed by atoms with Crippen molar-refractivity contribution in [2.24, 2.45) is 4.99 Å². The summed E-state index contributed by atoms with van der Waals surface area (Å²) in [6.45, 7) is 2.65. The Morgan fingerprint density at radius 3 is 2.30 bits per heavy atom. The molecule has 1 heterocycles. The Hall–Kier alpha value is -4.07. The number of allylic oxidation sites excluding steroid dienone is 1. The molecule has 1 amide bonds. The Bertz CT molecular complexity index is 1200. The molecule has 0 saturated carbocycles. The van der Waals surface area contributed by atoms with E-state index in [0.29, 0.717) is 35.2 Å². The molecule has 1 aliphatic rings. The van der Waals surface area contributed by atoms with Crippen LogP contribution in [0.2, 0.25) is 0 Å². The summed E-state index contributed by atoms with van der Waals surface area (Å²) in [5.74, 6) is 1.30. The van der Waals surface area contributed by atoms with Crippen LogP contribution in [-0.2, 0) is 9.53 Å². The van der Waals surface area contributed by atoms with Crippen molar-refractivity contribution in [3.8, 4) is 11.5 Å². The van der Waals surface area contributed by atoms with Gasteiger partial charge in [0.25, 0.3) is 0 Å². The van der Waals surface area contributed by atoms with E-state index in [1.165, 1.54) is 38.5 Å². The predicted octanol–water partition coefficient (Wildman–Crippen LogP) is 6.89. The lowest BCUT2D eigenvalue weighted by Crippen LogP contribution is -2.16.